The monoisotopic (exact) mass is 334 g/mol. The number of aliphatic hydroxyl groups excluding tert-OH is 1. The normalized spacial score (nSPS) is 22.5. The molecule has 1 aromatic heterocycles. The fourth-order valence-corrected chi connectivity index (χ4v) is 3.83. The van der Waals surface area contributed by atoms with Crippen LogP contribution in [0.4, 0.5) is 0 Å². The molecule has 4 rings (SSSR count). The van der Waals surface area contributed by atoms with Gasteiger partial charge in [0.1, 0.15) is 0 Å². The van der Waals surface area contributed by atoms with Gasteiger partial charge in [-0.05, 0) is 49.4 Å². The van der Waals surface area contributed by atoms with Crippen LogP contribution in [0.5, 0.6) is 0 Å². The van der Waals surface area contributed by atoms with E-state index in [1.165, 1.54) is 0 Å². The summed E-state index contributed by atoms with van der Waals surface area (Å²) in [6, 6.07) is 11.9. The highest BCUT2D eigenvalue weighted by Crippen LogP contribution is 2.37. The van der Waals surface area contributed by atoms with Crippen molar-refractivity contribution in [1.82, 2.24) is 9.88 Å². The third kappa shape index (κ3) is 2.20. The van der Waals surface area contributed by atoms with Crippen LogP contribution >= 0.6 is 23.2 Å². The van der Waals surface area contributed by atoms with Gasteiger partial charge in [0.2, 0.25) is 0 Å². The summed E-state index contributed by atoms with van der Waals surface area (Å²) in [6.45, 7) is 1.52. The van der Waals surface area contributed by atoms with E-state index in [1.807, 2.05) is 36.4 Å². The summed E-state index contributed by atoms with van der Waals surface area (Å²) < 4.78 is 2.24. The molecule has 5 heteroatoms. The lowest BCUT2D eigenvalue weighted by Gasteiger charge is -2.31. The van der Waals surface area contributed by atoms with Crippen molar-refractivity contribution in [2.45, 2.75) is 18.6 Å². The highest BCUT2D eigenvalue weighted by atomic mass is 35.5. The zero-order valence-electron chi connectivity index (χ0n) is 11.9. The zero-order chi connectivity index (χ0) is 15.3. The lowest BCUT2D eigenvalue weighted by Crippen LogP contribution is -2.41. The SMILES string of the molecule is O[C@@H]1CNCC[C@H]1n1c2ccc(Cl)cc2c2cc(Cl)ccc21. The predicted octanol–water partition coefficient (Wildman–Crippen LogP) is 4.00. The summed E-state index contributed by atoms with van der Waals surface area (Å²) in [6.07, 6.45) is 0.490. The molecule has 0 amide bonds. The van der Waals surface area contributed by atoms with E-state index >= 15 is 0 Å². The van der Waals surface area contributed by atoms with Crippen LogP contribution in [0.2, 0.25) is 10.0 Å². The van der Waals surface area contributed by atoms with Crippen LogP contribution in [0.3, 0.4) is 0 Å². The Bertz CT molecular complexity index is 799. The zero-order valence-corrected chi connectivity index (χ0v) is 13.4. The molecule has 114 valence electrons. The molecular formula is C17H16Cl2N2O. The van der Waals surface area contributed by atoms with Crippen molar-refractivity contribution in [2.75, 3.05) is 13.1 Å². The second kappa shape index (κ2) is 5.43. The maximum atomic E-state index is 10.4. The van der Waals surface area contributed by atoms with E-state index < -0.39 is 6.10 Å². The van der Waals surface area contributed by atoms with Crippen molar-refractivity contribution in [3.8, 4) is 0 Å². The van der Waals surface area contributed by atoms with Crippen molar-refractivity contribution in [2.24, 2.45) is 0 Å². The largest absolute Gasteiger partial charge is 0.390 e. The highest BCUT2D eigenvalue weighted by molar-refractivity contribution is 6.33. The lowest BCUT2D eigenvalue weighted by molar-refractivity contribution is 0.0913. The van der Waals surface area contributed by atoms with E-state index in [4.69, 9.17) is 23.2 Å². The summed E-state index contributed by atoms with van der Waals surface area (Å²) in [7, 11) is 0. The number of hydrogen-bond acceptors (Lipinski definition) is 2. The number of fused-ring (bicyclic) bond motifs is 3. The molecule has 0 bridgehead atoms. The summed E-state index contributed by atoms with van der Waals surface area (Å²) in [5.74, 6) is 0. The molecule has 0 aliphatic carbocycles. The first-order chi connectivity index (χ1) is 10.6. The van der Waals surface area contributed by atoms with Crippen LogP contribution in [-0.4, -0.2) is 28.9 Å². The number of hydrogen-bond donors (Lipinski definition) is 2. The van der Waals surface area contributed by atoms with Gasteiger partial charge in [-0.1, -0.05) is 23.2 Å². The average molecular weight is 335 g/mol. The summed E-state index contributed by atoms with van der Waals surface area (Å²) in [5.41, 5.74) is 2.18. The summed E-state index contributed by atoms with van der Waals surface area (Å²) in [4.78, 5) is 0. The number of benzene rings is 2. The molecule has 2 atom stereocenters. The minimum absolute atomic E-state index is 0.0589. The molecule has 0 spiro atoms. The van der Waals surface area contributed by atoms with Gasteiger partial charge in [0, 0.05) is 38.4 Å². The number of halogens is 2. The van der Waals surface area contributed by atoms with Gasteiger partial charge in [-0.15, -0.1) is 0 Å². The van der Waals surface area contributed by atoms with E-state index in [-0.39, 0.29) is 6.04 Å². The second-order valence-electron chi connectivity index (χ2n) is 5.82. The van der Waals surface area contributed by atoms with Gasteiger partial charge in [0.25, 0.3) is 0 Å². The quantitative estimate of drug-likeness (QED) is 0.705. The topological polar surface area (TPSA) is 37.2 Å². The van der Waals surface area contributed by atoms with E-state index in [0.717, 1.165) is 34.8 Å². The first-order valence-electron chi connectivity index (χ1n) is 7.42. The van der Waals surface area contributed by atoms with Gasteiger partial charge in [-0.2, -0.15) is 0 Å². The molecule has 1 saturated heterocycles. The van der Waals surface area contributed by atoms with Crippen LogP contribution in [0.25, 0.3) is 21.8 Å². The number of β-amino-alcohol motifs (C(OH)–C–C–N with tert-alkyl or cyclic N) is 1. The predicted molar refractivity (Wildman–Crippen MR) is 92.0 cm³/mol. The molecule has 2 aromatic carbocycles. The number of nitrogens with one attached hydrogen (secondary N) is 1. The highest BCUT2D eigenvalue weighted by Gasteiger charge is 2.27. The third-order valence-electron chi connectivity index (χ3n) is 4.47. The lowest BCUT2D eigenvalue weighted by atomic mass is 10.0. The van der Waals surface area contributed by atoms with Gasteiger partial charge in [-0.25, -0.2) is 0 Å². The molecule has 0 unspecified atom stereocenters. The van der Waals surface area contributed by atoms with E-state index in [0.29, 0.717) is 16.6 Å². The number of aromatic nitrogens is 1. The van der Waals surface area contributed by atoms with Crippen LogP contribution < -0.4 is 5.32 Å². The molecule has 3 nitrogen and oxygen atoms in total. The van der Waals surface area contributed by atoms with Crippen LogP contribution in [0.15, 0.2) is 36.4 Å². The second-order valence-corrected chi connectivity index (χ2v) is 6.69. The van der Waals surface area contributed by atoms with E-state index in [2.05, 4.69) is 9.88 Å². The third-order valence-corrected chi connectivity index (χ3v) is 4.94. The molecule has 1 aliphatic heterocycles. The molecule has 1 fully saturated rings. The molecule has 2 N–H and O–H groups in total. The Balaban J connectivity index is 2.06. The number of aliphatic hydroxyl groups is 1. The van der Waals surface area contributed by atoms with E-state index in [1.54, 1.807) is 0 Å². The first-order valence-corrected chi connectivity index (χ1v) is 8.18. The Hall–Kier alpha value is -1.26. The molecular weight excluding hydrogens is 319 g/mol. The average Bonchev–Trinajstić information content (AvgIpc) is 2.81. The molecule has 2 heterocycles. The van der Waals surface area contributed by atoms with Gasteiger partial charge >= 0.3 is 0 Å². The smallest absolute Gasteiger partial charge is 0.0872 e. The Morgan fingerprint density at radius 2 is 1.59 bits per heavy atom. The number of piperidine rings is 1. The fraction of sp³-hybridized carbons (Fsp3) is 0.294. The molecule has 22 heavy (non-hydrogen) atoms. The van der Waals surface area contributed by atoms with Crippen LogP contribution in [0.1, 0.15) is 12.5 Å². The van der Waals surface area contributed by atoms with E-state index in [9.17, 15) is 5.11 Å². The molecule has 3 aromatic rings. The Morgan fingerprint density at radius 3 is 2.14 bits per heavy atom. The maximum Gasteiger partial charge on any atom is 0.0872 e. The van der Waals surface area contributed by atoms with Crippen LogP contribution in [0, 0.1) is 0 Å². The maximum absolute atomic E-state index is 10.4. The minimum Gasteiger partial charge on any atom is -0.390 e. The van der Waals surface area contributed by atoms with Crippen molar-refractivity contribution in [1.29, 1.82) is 0 Å². The Labute approximate surface area is 138 Å². The Morgan fingerprint density at radius 1 is 1.00 bits per heavy atom. The van der Waals surface area contributed by atoms with Crippen LogP contribution in [-0.2, 0) is 0 Å². The minimum atomic E-state index is -0.404. The first kappa shape index (κ1) is 14.3. The Kier molecular flexibility index (Phi) is 3.54. The molecule has 0 radical (unpaired) electrons. The van der Waals surface area contributed by atoms with Crippen molar-refractivity contribution >= 4 is 45.0 Å². The number of rotatable bonds is 1. The molecule has 0 saturated carbocycles. The van der Waals surface area contributed by atoms with Crippen molar-refractivity contribution in [3.63, 3.8) is 0 Å². The van der Waals surface area contributed by atoms with Gasteiger partial charge in [0.15, 0.2) is 0 Å². The molecule has 1 aliphatic rings. The number of nitrogens with zero attached hydrogens (tertiary/aromatic N) is 1. The fourth-order valence-electron chi connectivity index (χ4n) is 3.48. The summed E-state index contributed by atoms with van der Waals surface area (Å²) >= 11 is 12.4. The van der Waals surface area contributed by atoms with Gasteiger partial charge in [-0.3, -0.25) is 0 Å². The summed E-state index contributed by atoms with van der Waals surface area (Å²) in [5, 5.41) is 17.2. The van der Waals surface area contributed by atoms with Gasteiger partial charge < -0.3 is 15.0 Å². The van der Waals surface area contributed by atoms with Gasteiger partial charge in [0.05, 0.1) is 12.1 Å². The van der Waals surface area contributed by atoms with Crippen molar-refractivity contribution < 1.29 is 5.11 Å². The van der Waals surface area contributed by atoms with Crippen molar-refractivity contribution in [3.05, 3.63) is 46.4 Å². The standard InChI is InChI=1S/C17H16Cl2N2O/c18-10-1-3-14-12(7-10)13-8-11(19)2-4-15(13)21(14)16-5-6-20-9-17(16)22/h1-4,7-8,16-17,20,22H,5-6,9H2/t16-,17-/m1/s1.